The predicted molar refractivity (Wildman–Crippen MR) is 94.2 cm³/mol. The zero-order valence-electron chi connectivity index (χ0n) is 14.0. The fourth-order valence-corrected chi connectivity index (χ4v) is 3.92. The molecule has 25 heavy (non-hydrogen) atoms. The van der Waals surface area contributed by atoms with Gasteiger partial charge in [-0.25, -0.2) is 4.79 Å². The standard InChI is InChI=1S/C18H19NO5S/c1-11-9-19(10-14(24-11)18(21)22)17(20)16-13(23-2)8-15(25-16)12-6-4-3-5-7-12/h3-8,11,14H,9-10H2,1-2H3,(H,21,22)/t11-,14?/m1/s1. The molecule has 2 heterocycles. The molecule has 1 aliphatic heterocycles. The van der Waals surface area contributed by atoms with Crippen LogP contribution in [0.25, 0.3) is 10.4 Å². The molecule has 2 atom stereocenters. The summed E-state index contributed by atoms with van der Waals surface area (Å²) in [6.07, 6.45) is -1.34. The Hall–Kier alpha value is -2.38. The quantitative estimate of drug-likeness (QED) is 0.906. The summed E-state index contributed by atoms with van der Waals surface area (Å²) in [5.41, 5.74) is 1.00. The van der Waals surface area contributed by atoms with Crippen molar-refractivity contribution in [2.75, 3.05) is 20.2 Å². The first kappa shape index (κ1) is 17.4. The Kier molecular flexibility index (Phi) is 5.06. The van der Waals surface area contributed by atoms with E-state index in [1.54, 1.807) is 6.92 Å². The maximum absolute atomic E-state index is 12.9. The van der Waals surface area contributed by atoms with Crippen LogP contribution in [0, 0.1) is 0 Å². The Bertz CT molecular complexity index is 773. The second kappa shape index (κ2) is 7.25. The molecule has 1 saturated heterocycles. The number of methoxy groups -OCH3 is 1. The van der Waals surface area contributed by atoms with Gasteiger partial charge in [-0.1, -0.05) is 30.3 Å². The molecule has 0 spiro atoms. The normalized spacial score (nSPS) is 20.3. The van der Waals surface area contributed by atoms with Crippen LogP contribution in [0.1, 0.15) is 16.6 Å². The van der Waals surface area contributed by atoms with E-state index >= 15 is 0 Å². The molecule has 1 aliphatic rings. The average Bonchev–Trinajstić information content (AvgIpc) is 3.05. The largest absolute Gasteiger partial charge is 0.495 e. The number of ether oxygens (including phenoxy) is 2. The van der Waals surface area contributed by atoms with Gasteiger partial charge in [0.05, 0.1) is 19.8 Å². The summed E-state index contributed by atoms with van der Waals surface area (Å²) in [7, 11) is 1.52. The Labute approximate surface area is 149 Å². The Morgan fingerprint density at radius 1 is 1.28 bits per heavy atom. The SMILES string of the molecule is COc1cc(-c2ccccc2)sc1C(=O)N1CC(C(=O)O)O[C@H](C)C1. The van der Waals surface area contributed by atoms with Crippen molar-refractivity contribution in [1.29, 1.82) is 0 Å². The highest BCUT2D eigenvalue weighted by Crippen LogP contribution is 2.37. The Morgan fingerprint density at radius 2 is 2.00 bits per heavy atom. The van der Waals surface area contributed by atoms with Gasteiger partial charge in [-0.3, -0.25) is 4.79 Å². The first-order chi connectivity index (χ1) is 12.0. The van der Waals surface area contributed by atoms with E-state index in [-0.39, 0.29) is 18.6 Å². The molecule has 0 bridgehead atoms. The maximum Gasteiger partial charge on any atom is 0.334 e. The van der Waals surface area contributed by atoms with E-state index in [2.05, 4.69) is 0 Å². The number of aliphatic carboxylic acids is 1. The van der Waals surface area contributed by atoms with E-state index in [9.17, 15) is 14.7 Å². The number of benzene rings is 1. The van der Waals surface area contributed by atoms with Crippen LogP contribution in [0.15, 0.2) is 36.4 Å². The summed E-state index contributed by atoms with van der Waals surface area (Å²) in [4.78, 5) is 27.1. The van der Waals surface area contributed by atoms with E-state index < -0.39 is 12.1 Å². The number of hydrogen-bond donors (Lipinski definition) is 1. The topological polar surface area (TPSA) is 76.1 Å². The number of carbonyl (C=O) groups is 2. The third-order valence-electron chi connectivity index (χ3n) is 3.99. The van der Waals surface area contributed by atoms with Crippen LogP contribution in [0.5, 0.6) is 5.75 Å². The minimum atomic E-state index is -1.06. The fourth-order valence-electron chi connectivity index (χ4n) is 2.82. The van der Waals surface area contributed by atoms with Gasteiger partial charge in [-0.05, 0) is 18.6 Å². The first-order valence-corrected chi connectivity index (χ1v) is 8.72. The Morgan fingerprint density at radius 3 is 2.64 bits per heavy atom. The van der Waals surface area contributed by atoms with Gasteiger partial charge >= 0.3 is 5.97 Å². The lowest BCUT2D eigenvalue weighted by Crippen LogP contribution is -2.51. The average molecular weight is 361 g/mol. The van der Waals surface area contributed by atoms with Crippen LogP contribution in [0.2, 0.25) is 0 Å². The summed E-state index contributed by atoms with van der Waals surface area (Å²) in [6.45, 7) is 2.14. The zero-order valence-corrected chi connectivity index (χ0v) is 14.8. The molecule has 2 aromatic rings. The molecule has 132 valence electrons. The highest BCUT2D eigenvalue weighted by atomic mass is 32.1. The molecule has 1 fully saturated rings. The van der Waals surface area contributed by atoms with E-state index in [1.165, 1.54) is 23.3 Å². The number of carbonyl (C=O) groups excluding carboxylic acids is 1. The summed E-state index contributed by atoms with van der Waals surface area (Å²) in [6, 6.07) is 11.6. The molecular weight excluding hydrogens is 342 g/mol. The molecule has 1 N–H and O–H groups in total. The highest BCUT2D eigenvalue weighted by molar-refractivity contribution is 7.17. The van der Waals surface area contributed by atoms with Crippen LogP contribution >= 0.6 is 11.3 Å². The molecule has 1 amide bonds. The summed E-state index contributed by atoms with van der Waals surface area (Å²) in [5, 5.41) is 9.19. The van der Waals surface area contributed by atoms with Crippen molar-refractivity contribution < 1.29 is 24.2 Å². The molecule has 6 nitrogen and oxygen atoms in total. The third-order valence-corrected chi connectivity index (χ3v) is 5.15. The van der Waals surface area contributed by atoms with Gasteiger partial charge in [0.1, 0.15) is 10.6 Å². The lowest BCUT2D eigenvalue weighted by atomic mass is 10.2. The second-order valence-electron chi connectivity index (χ2n) is 5.86. The van der Waals surface area contributed by atoms with Crippen molar-refractivity contribution in [3.8, 4) is 16.2 Å². The highest BCUT2D eigenvalue weighted by Gasteiger charge is 2.34. The smallest absolute Gasteiger partial charge is 0.334 e. The number of carboxylic acid groups (broad SMARTS) is 1. The second-order valence-corrected chi connectivity index (χ2v) is 6.91. The summed E-state index contributed by atoms with van der Waals surface area (Å²) < 4.78 is 10.7. The van der Waals surface area contributed by atoms with Crippen molar-refractivity contribution in [3.63, 3.8) is 0 Å². The lowest BCUT2D eigenvalue weighted by Gasteiger charge is -2.34. The van der Waals surface area contributed by atoms with Crippen molar-refractivity contribution >= 4 is 23.2 Å². The van der Waals surface area contributed by atoms with Crippen LogP contribution in [0.3, 0.4) is 0 Å². The Balaban J connectivity index is 1.89. The van der Waals surface area contributed by atoms with Crippen molar-refractivity contribution in [2.24, 2.45) is 0 Å². The first-order valence-electron chi connectivity index (χ1n) is 7.90. The molecule has 0 aliphatic carbocycles. The summed E-state index contributed by atoms with van der Waals surface area (Å²) in [5.74, 6) is -0.794. The number of morpholine rings is 1. The fraction of sp³-hybridized carbons (Fsp3) is 0.333. The van der Waals surface area contributed by atoms with Gasteiger partial charge in [0.2, 0.25) is 0 Å². The van der Waals surface area contributed by atoms with Crippen LogP contribution in [-0.4, -0.2) is 54.3 Å². The number of carboxylic acids is 1. The molecular formula is C18H19NO5S. The van der Waals surface area contributed by atoms with E-state index in [0.29, 0.717) is 17.2 Å². The van der Waals surface area contributed by atoms with Crippen molar-refractivity contribution in [1.82, 2.24) is 4.90 Å². The lowest BCUT2D eigenvalue weighted by molar-refractivity contribution is -0.160. The van der Waals surface area contributed by atoms with Gasteiger partial charge < -0.3 is 19.5 Å². The van der Waals surface area contributed by atoms with E-state index in [4.69, 9.17) is 9.47 Å². The molecule has 1 aromatic carbocycles. The number of nitrogens with zero attached hydrogens (tertiary/aromatic N) is 1. The van der Waals surface area contributed by atoms with Crippen molar-refractivity contribution in [3.05, 3.63) is 41.3 Å². The number of amides is 1. The van der Waals surface area contributed by atoms with Crippen LogP contribution in [0.4, 0.5) is 0 Å². The number of thiophene rings is 1. The van der Waals surface area contributed by atoms with Crippen molar-refractivity contribution in [2.45, 2.75) is 19.1 Å². The van der Waals surface area contributed by atoms with E-state index in [1.807, 2.05) is 36.4 Å². The molecule has 1 aromatic heterocycles. The minimum absolute atomic E-state index is 0.0280. The summed E-state index contributed by atoms with van der Waals surface area (Å²) >= 11 is 1.35. The van der Waals surface area contributed by atoms with Crippen LogP contribution < -0.4 is 4.74 Å². The van der Waals surface area contributed by atoms with Crippen LogP contribution in [-0.2, 0) is 9.53 Å². The zero-order chi connectivity index (χ0) is 18.0. The van der Waals surface area contributed by atoms with Gasteiger partial charge in [-0.2, -0.15) is 0 Å². The number of hydrogen-bond acceptors (Lipinski definition) is 5. The molecule has 1 unspecified atom stereocenters. The van der Waals surface area contributed by atoms with Gasteiger partial charge in [-0.15, -0.1) is 11.3 Å². The molecule has 0 radical (unpaired) electrons. The minimum Gasteiger partial charge on any atom is -0.495 e. The predicted octanol–water partition coefficient (Wildman–Crippen LogP) is 2.74. The number of rotatable bonds is 4. The monoisotopic (exact) mass is 361 g/mol. The third kappa shape index (κ3) is 3.67. The van der Waals surface area contributed by atoms with Gasteiger partial charge in [0.25, 0.3) is 5.91 Å². The molecule has 0 saturated carbocycles. The van der Waals surface area contributed by atoms with Gasteiger partial charge in [0.15, 0.2) is 6.10 Å². The maximum atomic E-state index is 12.9. The molecule has 3 rings (SSSR count). The van der Waals surface area contributed by atoms with E-state index in [0.717, 1.165) is 10.4 Å². The van der Waals surface area contributed by atoms with Gasteiger partial charge in [0, 0.05) is 11.4 Å². The molecule has 7 heteroatoms.